The lowest BCUT2D eigenvalue weighted by atomic mass is 10.5. The number of carbonyl (C=O) groups is 1. The van der Waals surface area contributed by atoms with Gasteiger partial charge >= 0.3 is 0 Å². The third kappa shape index (κ3) is 6.09. The molecule has 0 atom stereocenters. The smallest absolute Gasteiger partial charge is 0.143 e. The average Bonchev–Trinajstić information content (AvgIpc) is 1.97. The van der Waals surface area contributed by atoms with Crippen molar-refractivity contribution >= 4 is 6.29 Å². The highest BCUT2D eigenvalue weighted by Gasteiger charge is 1.57. The van der Waals surface area contributed by atoms with E-state index in [0.29, 0.717) is 6.29 Å². The van der Waals surface area contributed by atoms with Gasteiger partial charge in [0.05, 0.1) is 0 Å². The highest BCUT2D eigenvalue weighted by atomic mass is 16.1. The lowest BCUT2D eigenvalue weighted by Gasteiger charge is -1.58. The molecule has 0 spiro atoms. The largest absolute Gasteiger partial charge is 0.299 e. The summed E-state index contributed by atoms with van der Waals surface area (Å²) in [5, 5.41) is 0. The molecule has 1 heteroatoms. The van der Waals surface area contributed by atoms with Crippen molar-refractivity contribution in [1.82, 2.24) is 0 Å². The molecule has 0 aromatic rings. The fourth-order valence-corrected chi connectivity index (χ4v) is 0.232. The Morgan fingerprint density at radius 2 is 2.00 bits per heavy atom. The molecule has 0 unspecified atom stereocenters. The molecule has 0 saturated carbocycles. The summed E-state index contributed by atoms with van der Waals surface area (Å²) in [6, 6.07) is 0. The van der Waals surface area contributed by atoms with Crippen molar-refractivity contribution < 1.29 is 4.79 Å². The Hall–Kier alpha value is -1.91. The fourth-order valence-electron chi connectivity index (χ4n) is 0.232. The van der Waals surface area contributed by atoms with E-state index in [2.05, 4.69) is 29.6 Å². The van der Waals surface area contributed by atoms with Gasteiger partial charge < -0.3 is 0 Å². The van der Waals surface area contributed by atoms with Crippen molar-refractivity contribution in [3.05, 3.63) is 12.2 Å². The molecule has 0 amide bonds. The molecule has 0 fully saturated rings. The van der Waals surface area contributed by atoms with Crippen LogP contribution in [-0.2, 0) is 4.79 Å². The van der Waals surface area contributed by atoms with Crippen LogP contribution in [0, 0.1) is 36.0 Å². The number of aldehydes is 1. The minimum Gasteiger partial charge on any atom is -0.299 e. The molecule has 0 N–H and O–H groups in total. The summed E-state index contributed by atoms with van der Waals surface area (Å²) in [7, 11) is 0. The quantitative estimate of drug-likeness (QED) is 0.283. The molecule has 0 aromatic carbocycles. The monoisotopic (exact) mass is 128 g/mol. The second-order valence-electron chi connectivity index (χ2n) is 1.16. The van der Waals surface area contributed by atoms with Crippen LogP contribution >= 0.6 is 0 Å². The Kier molecular flexibility index (Phi) is 5.74. The molecule has 0 heterocycles. The van der Waals surface area contributed by atoms with E-state index in [1.165, 1.54) is 12.2 Å². The van der Waals surface area contributed by atoms with E-state index in [4.69, 9.17) is 6.42 Å². The number of rotatable bonds is 1. The zero-order valence-corrected chi connectivity index (χ0v) is 5.22. The van der Waals surface area contributed by atoms with Gasteiger partial charge in [-0.1, -0.05) is 5.92 Å². The molecular formula is C9H4O. The number of carbonyl (C=O) groups excluding carboxylic acids is 1. The predicted molar refractivity (Wildman–Crippen MR) is 39.6 cm³/mol. The van der Waals surface area contributed by atoms with E-state index in [0.717, 1.165) is 0 Å². The number of allylic oxidation sites excluding steroid dienone is 2. The predicted octanol–water partition coefficient (Wildman–Crippen LogP) is 0.381. The van der Waals surface area contributed by atoms with Crippen LogP contribution in [0.15, 0.2) is 12.2 Å². The van der Waals surface area contributed by atoms with Crippen molar-refractivity contribution in [2.45, 2.75) is 0 Å². The minimum absolute atomic E-state index is 0.642. The van der Waals surface area contributed by atoms with E-state index in [-0.39, 0.29) is 0 Å². The van der Waals surface area contributed by atoms with E-state index in [1.807, 2.05) is 0 Å². The van der Waals surface area contributed by atoms with Gasteiger partial charge in [0.25, 0.3) is 0 Å². The molecule has 0 aliphatic rings. The molecule has 0 aliphatic carbocycles. The van der Waals surface area contributed by atoms with Gasteiger partial charge in [-0.15, -0.1) is 6.42 Å². The molecular weight excluding hydrogens is 124 g/mol. The third-order valence-electron chi connectivity index (χ3n) is 0.527. The van der Waals surface area contributed by atoms with E-state index >= 15 is 0 Å². The number of hydrogen-bond acceptors (Lipinski definition) is 1. The van der Waals surface area contributed by atoms with E-state index in [9.17, 15) is 4.79 Å². The van der Waals surface area contributed by atoms with Gasteiger partial charge in [0, 0.05) is 0 Å². The summed E-state index contributed by atoms with van der Waals surface area (Å²) in [6.07, 6.45) is 8.13. The maximum atomic E-state index is 9.67. The van der Waals surface area contributed by atoms with Gasteiger partial charge in [0.2, 0.25) is 0 Å². The van der Waals surface area contributed by atoms with Crippen molar-refractivity contribution in [3.8, 4) is 36.0 Å². The zero-order valence-electron chi connectivity index (χ0n) is 5.22. The van der Waals surface area contributed by atoms with Crippen molar-refractivity contribution in [2.24, 2.45) is 0 Å². The van der Waals surface area contributed by atoms with Gasteiger partial charge in [0.1, 0.15) is 6.29 Å². The Bertz CT molecular complexity index is 281. The first-order valence-corrected chi connectivity index (χ1v) is 2.48. The zero-order chi connectivity index (χ0) is 7.66. The molecule has 10 heavy (non-hydrogen) atoms. The van der Waals surface area contributed by atoms with Crippen LogP contribution < -0.4 is 0 Å². The SMILES string of the molecule is C#CC#CC#C/C=C/C=O. The number of terminal acetylenes is 1. The molecule has 0 bridgehead atoms. The first kappa shape index (κ1) is 8.09. The normalized spacial score (nSPS) is 6.30. The second-order valence-corrected chi connectivity index (χ2v) is 1.16. The summed E-state index contributed by atoms with van der Waals surface area (Å²) in [4.78, 5) is 9.67. The van der Waals surface area contributed by atoms with Gasteiger partial charge in [-0.25, -0.2) is 0 Å². The fraction of sp³-hybridized carbons (Fsp3) is 0. The minimum atomic E-state index is 0.642. The summed E-state index contributed by atoms with van der Waals surface area (Å²) >= 11 is 0. The molecule has 0 radical (unpaired) electrons. The lowest BCUT2D eigenvalue weighted by Crippen LogP contribution is -1.56. The molecule has 0 rings (SSSR count). The molecule has 1 nitrogen and oxygen atoms in total. The van der Waals surface area contributed by atoms with Gasteiger partial charge in [0.15, 0.2) is 0 Å². The van der Waals surface area contributed by atoms with Crippen LogP contribution in [0.3, 0.4) is 0 Å². The molecule has 0 aliphatic heterocycles. The van der Waals surface area contributed by atoms with Gasteiger partial charge in [-0.2, -0.15) is 0 Å². The second kappa shape index (κ2) is 7.09. The Balaban J connectivity index is 3.84. The third-order valence-corrected chi connectivity index (χ3v) is 0.527. The van der Waals surface area contributed by atoms with Gasteiger partial charge in [-0.05, 0) is 35.8 Å². The van der Waals surface area contributed by atoms with Crippen LogP contribution in [0.4, 0.5) is 0 Å². The highest BCUT2D eigenvalue weighted by molar-refractivity contribution is 5.65. The van der Waals surface area contributed by atoms with Crippen LogP contribution in [0.25, 0.3) is 0 Å². The van der Waals surface area contributed by atoms with E-state index in [1.54, 1.807) is 0 Å². The molecule has 0 saturated heterocycles. The van der Waals surface area contributed by atoms with Crippen molar-refractivity contribution in [2.75, 3.05) is 0 Å². The summed E-state index contributed by atoms with van der Waals surface area (Å²) < 4.78 is 0. The standard InChI is InChI=1S/C9H4O/c1-2-3-4-5-6-7-8-9-10/h1,7-9H/b8-7+. The van der Waals surface area contributed by atoms with Crippen molar-refractivity contribution in [3.63, 3.8) is 0 Å². The number of hydrogen-bond donors (Lipinski definition) is 0. The van der Waals surface area contributed by atoms with Crippen LogP contribution in [0.1, 0.15) is 0 Å². The summed E-state index contributed by atoms with van der Waals surface area (Å²) in [6.45, 7) is 0. The molecule has 0 aromatic heterocycles. The van der Waals surface area contributed by atoms with Crippen LogP contribution in [-0.4, -0.2) is 6.29 Å². The summed E-state index contributed by atoms with van der Waals surface area (Å²) in [5.41, 5.74) is 0. The average molecular weight is 128 g/mol. The first-order chi connectivity index (χ1) is 4.91. The van der Waals surface area contributed by atoms with Crippen molar-refractivity contribution in [1.29, 1.82) is 0 Å². The lowest BCUT2D eigenvalue weighted by molar-refractivity contribution is -0.104. The summed E-state index contributed by atoms with van der Waals surface area (Å²) in [5.74, 6) is 11.7. The Morgan fingerprint density at radius 1 is 1.20 bits per heavy atom. The first-order valence-electron chi connectivity index (χ1n) is 2.48. The maximum Gasteiger partial charge on any atom is 0.143 e. The Labute approximate surface area is 60.1 Å². The molecule has 46 valence electrons. The Morgan fingerprint density at radius 3 is 2.60 bits per heavy atom. The van der Waals surface area contributed by atoms with Crippen LogP contribution in [0.5, 0.6) is 0 Å². The van der Waals surface area contributed by atoms with Gasteiger partial charge in [-0.3, -0.25) is 4.79 Å². The van der Waals surface area contributed by atoms with Crippen LogP contribution in [0.2, 0.25) is 0 Å². The van der Waals surface area contributed by atoms with E-state index < -0.39 is 0 Å². The highest BCUT2D eigenvalue weighted by Crippen LogP contribution is 1.61. The topological polar surface area (TPSA) is 17.1 Å². The maximum absolute atomic E-state index is 9.67.